The molecular formula is C17H14FNO2. The second-order valence-electron chi connectivity index (χ2n) is 5.02. The molecule has 0 saturated carbocycles. The molecule has 0 aromatic heterocycles. The van der Waals surface area contributed by atoms with Crippen LogP contribution < -0.4 is 4.90 Å². The number of fused-ring (bicyclic) bond motifs is 1. The molecule has 2 aromatic rings. The fourth-order valence-electron chi connectivity index (χ4n) is 2.52. The van der Waals surface area contributed by atoms with Crippen molar-refractivity contribution in [3.63, 3.8) is 0 Å². The van der Waals surface area contributed by atoms with E-state index in [1.165, 1.54) is 11.0 Å². The van der Waals surface area contributed by atoms with Crippen LogP contribution in [-0.4, -0.2) is 11.7 Å². The summed E-state index contributed by atoms with van der Waals surface area (Å²) in [7, 11) is 0. The molecule has 106 valence electrons. The second-order valence-corrected chi connectivity index (χ2v) is 5.02. The van der Waals surface area contributed by atoms with Crippen molar-refractivity contribution in [3.05, 3.63) is 65.0 Å². The number of anilines is 1. The topological polar surface area (TPSA) is 37.4 Å². The molecule has 3 nitrogen and oxygen atoms in total. The van der Waals surface area contributed by atoms with Crippen molar-refractivity contribution in [1.29, 1.82) is 0 Å². The Morgan fingerprint density at radius 2 is 1.86 bits per heavy atom. The predicted molar refractivity (Wildman–Crippen MR) is 77.7 cm³/mol. The zero-order valence-corrected chi connectivity index (χ0v) is 11.6. The van der Waals surface area contributed by atoms with E-state index >= 15 is 0 Å². The summed E-state index contributed by atoms with van der Waals surface area (Å²) in [5.74, 6) is -1.49. The van der Waals surface area contributed by atoms with E-state index < -0.39 is 11.7 Å². The minimum absolute atomic E-state index is 0.0652. The van der Waals surface area contributed by atoms with Crippen molar-refractivity contribution in [2.45, 2.75) is 19.9 Å². The number of carbonyl (C=O) groups excluding carboxylic acids is 2. The van der Waals surface area contributed by atoms with Crippen LogP contribution in [0.5, 0.6) is 0 Å². The maximum absolute atomic E-state index is 13.7. The van der Waals surface area contributed by atoms with E-state index in [9.17, 15) is 14.0 Å². The Hall–Kier alpha value is -2.49. The van der Waals surface area contributed by atoms with Crippen molar-refractivity contribution < 1.29 is 14.0 Å². The molecule has 1 amide bonds. The first-order chi connectivity index (χ1) is 10.1. The molecule has 2 aromatic carbocycles. The number of hydrogen-bond donors (Lipinski definition) is 0. The molecule has 3 rings (SSSR count). The molecule has 21 heavy (non-hydrogen) atoms. The maximum Gasteiger partial charge on any atom is 0.299 e. The van der Waals surface area contributed by atoms with Crippen molar-refractivity contribution >= 4 is 17.4 Å². The SMILES string of the molecule is CCc1ccc2c(c1)C(=O)C(=O)N2Cc1ccccc1F. The highest BCUT2D eigenvalue weighted by atomic mass is 19.1. The Morgan fingerprint density at radius 1 is 1.10 bits per heavy atom. The van der Waals surface area contributed by atoms with E-state index in [0.717, 1.165) is 12.0 Å². The summed E-state index contributed by atoms with van der Waals surface area (Å²) >= 11 is 0. The van der Waals surface area contributed by atoms with Crippen molar-refractivity contribution in [3.8, 4) is 0 Å². The normalized spacial score (nSPS) is 13.7. The van der Waals surface area contributed by atoms with Gasteiger partial charge in [-0.05, 0) is 30.2 Å². The van der Waals surface area contributed by atoms with Gasteiger partial charge in [-0.15, -0.1) is 0 Å². The van der Waals surface area contributed by atoms with Crippen LogP contribution in [0.3, 0.4) is 0 Å². The van der Waals surface area contributed by atoms with Crippen molar-refractivity contribution in [2.75, 3.05) is 4.90 Å². The summed E-state index contributed by atoms with van der Waals surface area (Å²) < 4.78 is 13.7. The van der Waals surface area contributed by atoms with E-state index in [2.05, 4.69) is 0 Å². The summed E-state index contributed by atoms with van der Waals surface area (Å²) in [5, 5.41) is 0. The maximum atomic E-state index is 13.7. The Bertz CT molecular complexity index is 739. The Kier molecular flexibility index (Phi) is 3.29. The lowest BCUT2D eigenvalue weighted by Crippen LogP contribution is -2.29. The number of halogens is 1. The van der Waals surface area contributed by atoms with E-state index in [1.807, 2.05) is 13.0 Å². The summed E-state index contributed by atoms with van der Waals surface area (Å²) in [4.78, 5) is 25.5. The molecular weight excluding hydrogens is 269 g/mol. The van der Waals surface area contributed by atoms with Gasteiger partial charge in [-0.1, -0.05) is 31.2 Å². The fraction of sp³-hybridized carbons (Fsp3) is 0.176. The number of hydrogen-bond acceptors (Lipinski definition) is 2. The molecule has 0 N–H and O–H groups in total. The molecule has 0 bridgehead atoms. The largest absolute Gasteiger partial charge is 0.300 e. The van der Waals surface area contributed by atoms with Gasteiger partial charge in [0.1, 0.15) is 5.82 Å². The van der Waals surface area contributed by atoms with Gasteiger partial charge in [0.05, 0.1) is 17.8 Å². The quantitative estimate of drug-likeness (QED) is 0.812. The molecule has 0 unspecified atom stereocenters. The lowest BCUT2D eigenvalue weighted by molar-refractivity contribution is -0.114. The highest BCUT2D eigenvalue weighted by molar-refractivity contribution is 6.52. The van der Waals surface area contributed by atoms with Gasteiger partial charge in [-0.3, -0.25) is 9.59 Å². The number of rotatable bonds is 3. The molecule has 4 heteroatoms. The van der Waals surface area contributed by atoms with E-state index in [4.69, 9.17) is 0 Å². The lowest BCUT2D eigenvalue weighted by Gasteiger charge is -2.17. The molecule has 0 fully saturated rings. The number of nitrogens with zero attached hydrogens (tertiary/aromatic N) is 1. The first kappa shape index (κ1) is 13.5. The van der Waals surface area contributed by atoms with Gasteiger partial charge >= 0.3 is 0 Å². The van der Waals surface area contributed by atoms with Crippen LogP contribution in [0.15, 0.2) is 42.5 Å². The minimum Gasteiger partial charge on any atom is -0.300 e. The summed E-state index contributed by atoms with van der Waals surface area (Å²) in [5.41, 5.74) is 2.37. The van der Waals surface area contributed by atoms with Gasteiger partial charge in [0, 0.05) is 5.56 Å². The zero-order chi connectivity index (χ0) is 15.0. The smallest absolute Gasteiger partial charge is 0.299 e. The van der Waals surface area contributed by atoms with Gasteiger partial charge in [-0.2, -0.15) is 0 Å². The second kappa shape index (κ2) is 5.13. The molecule has 1 aliphatic rings. The molecule has 0 radical (unpaired) electrons. The number of benzene rings is 2. The van der Waals surface area contributed by atoms with Crippen LogP contribution in [-0.2, 0) is 17.8 Å². The van der Waals surface area contributed by atoms with Gasteiger partial charge < -0.3 is 4.90 Å². The molecule has 0 spiro atoms. The Labute approximate surface area is 122 Å². The molecule has 0 saturated heterocycles. The average molecular weight is 283 g/mol. The van der Waals surface area contributed by atoms with Crippen molar-refractivity contribution in [1.82, 2.24) is 0 Å². The van der Waals surface area contributed by atoms with E-state index in [1.54, 1.807) is 30.3 Å². The summed E-state index contributed by atoms with van der Waals surface area (Å²) in [6.07, 6.45) is 0.794. The lowest BCUT2D eigenvalue weighted by atomic mass is 10.1. The monoisotopic (exact) mass is 283 g/mol. The zero-order valence-electron chi connectivity index (χ0n) is 11.6. The predicted octanol–water partition coefficient (Wildman–Crippen LogP) is 3.12. The van der Waals surface area contributed by atoms with Crippen LogP contribution >= 0.6 is 0 Å². The average Bonchev–Trinajstić information content (AvgIpc) is 2.74. The van der Waals surface area contributed by atoms with Crippen LogP contribution in [0, 0.1) is 5.82 Å². The first-order valence-electron chi connectivity index (χ1n) is 6.84. The third-order valence-electron chi connectivity index (χ3n) is 3.73. The van der Waals surface area contributed by atoms with Crippen LogP contribution in [0.25, 0.3) is 0 Å². The van der Waals surface area contributed by atoms with Gasteiger partial charge in [0.2, 0.25) is 0 Å². The third kappa shape index (κ3) is 2.23. The highest BCUT2D eigenvalue weighted by Gasteiger charge is 2.36. The Balaban J connectivity index is 2.00. The molecule has 0 aliphatic carbocycles. The summed E-state index contributed by atoms with van der Waals surface area (Å²) in [6, 6.07) is 11.7. The molecule has 1 aliphatic heterocycles. The standard InChI is InChI=1S/C17H14FNO2/c1-2-11-7-8-15-13(9-11)16(20)17(21)19(15)10-12-5-3-4-6-14(12)18/h3-9H,2,10H2,1H3. The summed E-state index contributed by atoms with van der Waals surface area (Å²) in [6.45, 7) is 2.05. The van der Waals surface area contributed by atoms with Gasteiger partial charge in [0.15, 0.2) is 0 Å². The van der Waals surface area contributed by atoms with Gasteiger partial charge in [0.25, 0.3) is 11.7 Å². The highest BCUT2D eigenvalue weighted by Crippen LogP contribution is 2.31. The van der Waals surface area contributed by atoms with Gasteiger partial charge in [-0.25, -0.2) is 4.39 Å². The van der Waals surface area contributed by atoms with Crippen LogP contribution in [0.2, 0.25) is 0 Å². The fourth-order valence-corrected chi connectivity index (χ4v) is 2.52. The van der Waals surface area contributed by atoms with Crippen LogP contribution in [0.1, 0.15) is 28.4 Å². The number of amides is 1. The van der Waals surface area contributed by atoms with E-state index in [-0.39, 0.29) is 12.4 Å². The number of carbonyl (C=O) groups is 2. The number of aryl methyl sites for hydroxylation is 1. The third-order valence-corrected chi connectivity index (χ3v) is 3.73. The molecule has 0 atom stereocenters. The number of ketones is 1. The number of Topliss-reactive ketones (excluding diaryl/α,β-unsaturated/α-hetero) is 1. The minimum atomic E-state index is -0.596. The van der Waals surface area contributed by atoms with Crippen molar-refractivity contribution in [2.24, 2.45) is 0 Å². The Morgan fingerprint density at radius 3 is 2.57 bits per heavy atom. The van der Waals surface area contributed by atoms with Crippen LogP contribution in [0.4, 0.5) is 10.1 Å². The molecule has 1 heterocycles. The first-order valence-corrected chi connectivity index (χ1v) is 6.84. The van der Waals surface area contributed by atoms with E-state index in [0.29, 0.717) is 16.8 Å².